The van der Waals surface area contributed by atoms with Crippen LogP contribution in [0, 0.1) is 5.92 Å². The van der Waals surface area contributed by atoms with Gasteiger partial charge in [-0.2, -0.15) is 0 Å². The Bertz CT molecular complexity index is 655. The summed E-state index contributed by atoms with van der Waals surface area (Å²) in [5, 5.41) is 3.68. The summed E-state index contributed by atoms with van der Waals surface area (Å²) < 4.78 is 0. The zero-order chi connectivity index (χ0) is 14.2. The molecule has 0 spiro atoms. The molecule has 2 aliphatic rings. The highest BCUT2D eigenvalue weighted by Gasteiger charge is 2.21. The smallest absolute Gasteiger partial charge is 0.0291 e. The Labute approximate surface area is 127 Å². The van der Waals surface area contributed by atoms with Gasteiger partial charge in [-0.3, -0.25) is 0 Å². The Morgan fingerprint density at radius 1 is 1.05 bits per heavy atom. The van der Waals surface area contributed by atoms with Crippen LogP contribution in [0.5, 0.6) is 0 Å². The van der Waals surface area contributed by atoms with Crippen molar-refractivity contribution in [1.82, 2.24) is 5.32 Å². The van der Waals surface area contributed by atoms with E-state index < -0.39 is 0 Å². The summed E-state index contributed by atoms with van der Waals surface area (Å²) in [6, 6.07) is 16.3. The molecular weight excluding hydrogens is 254 g/mol. The van der Waals surface area contributed by atoms with E-state index >= 15 is 0 Å². The van der Waals surface area contributed by atoms with Gasteiger partial charge >= 0.3 is 0 Å². The molecule has 0 heterocycles. The number of rotatable bonds is 5. The largest absolute Gasteiger partial charge is 0.310 e. The van der Waals surface area contributed by atoms with Gasteiger partial charge in [0.15, 0.2) is 0 Å². The summed E-state index contributed by atoms with van der Waals surface area (Å²) in [5.41, 5.74) is 7.24. The van der Waals surface area contributed by atoms with Gasteiger partial charge in [0.1, 0.15) is 0 Å². The number of hydrogen-bond donors (Lipinski definition) is 1. The normalized spacial score (nSPS) is 17.4. The van der Waals surface area contributed by atoms with E-state index in [0.29, 0.717) is 6.04 Å². The van der Waals surface area contributed by atoms with Crippen LogP contribution in [0.1, 0.15) is 48.9 Å². The van der Waals surface area contributed by atoms with Gasteiger partial charge in [-0.05, 0) is 60.0 Å². The molecular formula is C20H23N. The van der Waals surface area contributed by atoms with Gasteiger partial charge < -0.3 is 5.32 Å². The average Bonchev–Trinajstić information content (AvgIpc) is 3.25. The van der Waals surface area contributed by atoms with Crippen molar-refractivity contribution < 1.29 is 0 Å². The first-order valence-electron chi connectivity index (χ1n) is 8.26. The first-order chi connectivity index (χ1) is 10.3. The third-order valence-electron chi connectivity index (χ3n) is 5.02. The summed E-state index contributed by atoms with van der Waals surface area (Å²) in [7, 11) is 0. The molecule has 1 atom stereocenters. The van der Waals surface area contributed by atoms with Crippen molar-refractivity contribution in [2.24, 2.45) is 5.92 Å². The molecule has 0 bridgehead atoms. The molecule has 0 saturated heterocycles. The zero-order valence-electron chi connectivity index (χ0n) is 12.7. The summed E-state index contributed by atoms with van der Waals surface area (Å²) in [4.78, 5) is 0. The Morgan fingerprint density at radius 3 is 2.71 bits per heavy atom. The Kier molecular flexibility index (Phi) is 3.31. The number of hydrogen-bond acceptors (Lipinski definition) is 1. The van der Waals surface area contributed by atoms with E-state index in [9.17, 15) is 0 Å². The third-order valence-corrected chi connectivity index (χ3v) is 5.02. The van der Waals surface area contributed by atoms with Crippen LogP contribution in [0.15, 0.2) is 42.5 Å². The number of nitrogens with one attached hydrogen (secondary N) is 1. The van der Waals surface area contributed by atoms with Crippen molar-refractivity contribution in [2.75, 3.05) is 6.54 Å². The zero-order valence-corrected chi connectivity index (χ0v) is 12.7. The van der Waals surface area contributed by atoms with E-state index in [1.165, 1.54) is 47.1 Å². The van der Waals surface area contributed by atoms with Crippen LogP contribution < -0.4 is 5.32 Å². The van der Waals surface area contributed by atoms with Crippen molar-refractivity contribution in [3.63, 3.8) is 0 Å². The van der Waals surface area contributed by atoms with Crippen LogP contribution in [0.3, 0.4) is 0 Å². The Hall–Kier alpha value is -1.60. The molecule has 1 fully saturated rings. The number of benzene rings is 2. The molecule has 2 aromatic rings. The molecule has 21 heavy (non-hydrogen) atoms. The van der Waals surface area contributed by atoms with E-state index in [2.05, 4.69) is 54.7 Å². The van der Waals surface area contributed by atoms with E-state index in [1.807, 2.05) is 0 Å². The highest BCUT2D eigenvalue weighted by atomic mass is 14.9. The first kappa shape index (κ1) is 13.1. The van der Waals surface area contributed by atoms with Gasteiger partial charge in [0.05, 0.1) is 0 Å². The molecule has 0 aromatic heterocycles. The van der Waals surface area contributed by atoms with Gasteiger partial charge in [0.2, 0.25) is 0 Å². The molecule has 0 amide bonds. The molecule has 4 rings (SSSR count). The second kappa shape index (κ2) is 5.31. The molecule has 1 saturated carbocycles. The lowest BCUT2D eigenvalue weighted by molar-refractivity contribution is 0.539. The fraction of sp³-hybridized carbons (Fsp3) is 0.400. The predicted octanol–water partition coefficient (Wildman–Crippen LogP) is 4.71. The maximum Gasteiger partial charge on any atom is 0.0291 e. The van der Waals surface area contributed by atoms with Crippen molar-refractivity contribution in [3.8, 4) is 11.1 Å². The van der Waals surface area contributed by atoms with E-state index in [4.69, 9.17) is 0 Å². The molecule has 0 aliphatic heterocycles. The second-order valence-electron chi connectivity index (χ2n) is 6.66. The van der Waals surface area contributed by atoms with Gasteiger partial charge in [-0.1, -0.05) is 55.3 Å². The first-order valence-corrected chi connectivity index (χ1v) is 8.26. The minimum atomic E-state index is 0.456. The van der Waals surface area contributed by atoms with Gasteiger partial charge in [0.25, 0.3) is 0 Å². The lowest BCUT2D eigenvalue weighted by Crippen LogP contribution is -2.20. The molecule has 1 unspecified atom stereocenters. The predicted molar refractivity (Wildman–Crippen MR) is 88.4 cm³/mol. The van der Waals surface area contributed by atoms with Crippen molar-refractivity contribution in [1.29, 1.82) is 0 Å². The lowest BCUT2D eigenvalue weighted by Gasteiger charge is -2.15. The standard InChI is InChI=1S/C20H23N/c1-14(21-11-10-15-6-7-15)16-8-9-20-18(12-16)13-17-4-2-3-5-19(17)20/h2-5,8-9,12,14-15,21H,6-7,10-11,13H2,1H3. The molecule has 0 radical (unpaired) electrons. The van der Waals surface area contributed by atoms with Crippen LogP contribution in [0.4, 0.5) is 0 Å². The monoisotopic (exact) mass is 277 g/mol. The van der Waals surface area contributed by atoms with Crippen LogP contribution in [-0.2, 0) is 6.42 Å². The van der Waals surface area contributed by atoms with Gasteiger partial charge in [0, 0.05) is 6.04 Å². The maximum absolute atomic E-state index is 3.68. The minimum absolute atomic E-state index is 0.456. The quantitative estimate of drug-likeness (QED) is 0.712. The highest BCUT2D eigenvalue weighted by molar-refractivity contribution is 5.76. The molecule has 1 N–H and O–H groups in total. The van der Waals surface area contributed by atoms with Crippen LogP contribution in [0.25, 0.3) is 11.1 Å². The maximum atomic E-state index is 3.68. The van der Waals surface area contributed by atoms with Gasteiger partial charge in [-0.25, -0.2) is 0 Å². The average molecular weight is 277 g/mol. The molecule has 1 heteroatoms. The SMILES string of the molecule is CC(NCCC1CC1)c1ccc2c(c1)Cc1ccccc1-2. The van der Waals surface area contributed by atoms with Crippen LogP contribution in [-0.4, -0.2) is 6.54 Å². The fourth-order valence-electron chi connectivity index (χ4n) is 3.46. The summed E-state index contributed by atoms with van der Waals surface area (Å²) >= 11 is 0. The Morgan fingerprint density at radius 2 is 1.86 bits per heavy atom. The van der Waals surface area contributed by atoms with Crippen LogP contribution >= 0.6 is 0 Å². The topological polar surface area (TPSA) is 12.0 Å². The Balaban J connectivity index is 1.49. The molecule has 2 aromatic carbocycles. The third kappa shape index (κ3) is 2.63. The fourth-order valence-corrected chi connectivity index (χ4v) is 3.46. The van der Waals surface area contributed by atoms with Crippen LogP contribution in [0.2, 0.25) is 0 Å². The number of fused-ring (bicyclic) bond motifs is 3. The van der Waals surface area contributed by atoms with Crippen molar-refractivity contribution >= 4 is 0 Å². The summed E-state index contributed by atoms with van der Waals surface area (Å²) in [6.07, 6.45) is 5.34. The lowest BCUT2D eigenvalue weighted by atomic mass is 10.00. The highest BCUT2D eigenvalue weighted by Crippen LogP contribution is 2.37. The van der Waals surface area contributed by atoms with Crippen molar-refractivity contribution in [2.45, 2.75) is 38.6 Å². The van der Waals surface area contributed by atoms with Crippen molar-refractivity contribution in [3.05, 3.63) is 59.2 Å². The summed E-state index contributed by atoms with van der Waals surface area (Å²) in [5.74, 6) is 1.01. The van der Waals surface area contributed by atoms with E-state index in [-0.39, 0.29) is 0 Å². The minimum Gasteiger partial charge on any atom is -0.310 e. The van der Waals surface area contributed by atoms with Gasteiger partial charge in [-0.15, -0.1) is 0 Å². The summed E-state index contributed by atoms with van der Waals surface area (Å²) in [6.45, 7) is 3.44. The molecule has 2 aliphatic carbocycles. The second-order valence-corrected chi connectivity index (χ2v) is 6.66. The molecule has 1 nitrogen and oxygen atoms in total. The van der Waals surface area contributed by atoms with E-state index in [0.717, 1.165) is 18.9 Å². The molecule has 108 valence electrons. The van der Waals surface area contributed by atoms with E-state index in [1.54, 1.807) is 0 Å².